The minimum Gasteiger partial charge on any atom is -0.273 e. The molecule has 3 nitrogen and oxygen atoms in total. The van der Waals surface area contributed by atoms with Crippen LogP contribution >= 0.6 is 11.6 Å². The third-order valence-corrected chi connectivity index (χ3v) is 3.39. The van der Waals surface area contributed by atoms with Crippen molar-refractivity contribution in [1.29, 1.82) is 0 Å². The van der Waals surface area contributed by atoms with Crippen LogP contribution in [0.15, 0.2) is 29.4 Å². The van der Waals surface area contributed by atoms with E-state index in [2.05, 4.69) is 5.10 Å². The molecule has 2 rings (SSSR count). The van der Waals surface area contributed by atoms with E-state index in [-0.39, 0.29) is 11.9 Å². The van der Waals surface area contributed by atoms with Crippen molar-refractivity contribution in [2.45, 2.75) is 39.2 Å². The molecule has 0 aliphatic carbocycles. The van der Waals surface area contributed by atoms with E-state index in [1.807, 2.05) is 38.1 Å². The first-order chi connectivity index (χ1) is 8.63. The van der Waals surface area contributed by atoms with Gasteiger partial charge in [0, 0.05) is 23.6 Å². The number of hydrogen-bond acceptors (Lipinski definition) is 2. The molecule has 1 aromatic rings. The third-order valence-electron chi connectivity index (χ3n) is 3.05. The van der Waals surface area contributed by atoms with Crippen LogP contribution in [0.3, 0.4) is 0 Å². The molecule has 1 aliphatic rings. The van der Waals surface area contributed by atoms with Gasteiger partial charge in [0.15, 0.2) is 0 Å². The Morgan fingerprint density at radius 2 is 2.22 bits per heavy atom. The second-order valence-corrected chi connectivity index (χ2v) is 4.97. The molecule has 1 heterocycles. The number of halogens is 1. The van der Waals surface area contributed by atoms with Crippen molar-refractivity contribution in [2.24, 2.45) is 5.10 Å². The molecule has 1 atom stereocenters. The van der Waals surface area contributed by atoms with Gasteiger partial charge in [0.05, 0.1) is 6.04 Å². The quantitative estimate of drug-likeness (QED) is 0.818. The van der Waals surface area contributed by atoms with E-state index in [0.29, 0.717) is 11.4 Å². The highest BCUT2D eigenvalue weighted by Crippen LogP contribution is 2.35. The second kappa shape index (κ2) is 5.53. The minimum atomic E-state index is -0.0438. The average Bonchev–Trinajstić information content (AvgIpc) is 2.72. The zero-order valence-corrected chi connectivity index (χ0v) is 11.4. The smallest absolute Gasteiger partial charge is 0.243 e. The summed E-state index contributed by atoms with van der Waals surface area (Å²) in [6.45, 7) is 3.94. The number of carbonyl (C=O) groups excluding carboxylic acids is 1. The first-order valence-corrected chi connectivity index (χ1v) is 6.61. The highest BCUT2D eigenvalue weighted by atomic mass is 35.5. The van der Waals surface area contributed by atoms with E-state index in [1.165, 1.54) is 0 Å². The van der Waals surface area contributed by atoms with Gasteiger partial charge in [-0.15, -0.1) is 0 Å². The van der Waals surface area contributed by atoms with Gasteiger partial charge in [0.2, 0.25) is 5.91 Å². The molecule has 0 aromatic heterocycles. The van der Waals surface area contributed by atoms with Gasteiger partial charge < -0.3 is 0 Å². The lowest BCUT2D eigenvalue weighted by Crippen LogP contribution is -2.26. The second-order valence-electron chi connectivity index (χ2n) is 4.57. The van der Waals surface area contributed by atoms with Crippen LogP contribution in [0.25, 0.3) is 0 Å². The number of amides is 1. The van der Waals surface area contributed by atoms with E-state index < -0.39 is 0 Å². The Bertz CT molecular complexity index is 484. The van der Waals surface area contributed by atoms with Crippen LogP contribution in [-0.4, -0.2) is 16.6 Å². The van der Waals surface area contributed by atoms with Crippen LogP contribution in [0, 0.1) is 0 Å². The van der Waals surface area contributed by atoms with Crippen molar-refractivity contribution >= 4 is 23.2 Å². The fourth-order valence-electron chi connectivity index (χ4n) is 2.21. The summed E-state index contributed by atoms with van der Waals surface area (Å²) in [6.07, 6.45) is 2.12. The minimum absolute atomic E-state index is 0.0438. The molecule has 0 N–H and O–H groups in total. The predicted octanol–water partition coefficient (Wildman–Crippen LogP) is 3.79. The van der Waals surface area contributed by atoms with Gasteiger partial charge in [-0.1, -0.05) is 36.7 Å². The van der Waals surface area contributed by atoms with Gasteiger partial charge in [0.25, 0.3) is 0 Å². The maximum atomic E-state index is 12.1. The Kier molecular flexibility index (Phi) is 4.02. The van der Waals surface area contributed by atoms with Crippen molar-refractivity contribution in [3.63, 3.8) is 0 Å². The molecule has 1 aliphatic heterocycles. The molecular formula is C14H17ClN2O. The topological polar surface area (TPSA) is 32.7 Å². The van der Waals surface area contributed by atoms with Crippen LogP contribution in [-0.2, 0) is 4.79 Å². The van der Waals surface area contributed by atoms with Crippen LogP contribution in [0.5, 0.6) is 0 Å². The van der Waals surface area contributed by atoms with Gasteiger partial charge in [-0.05, 0) is 25.0 Å². The zero-order valence-electron chi connectivity index (χ0n) is 10.7. The summed E-state index contributed by atoms with van der Waals surface area (Å²) in [7, 11) is 0. The van der Waals surface area contributed by atoms with Gasteiger partial charge >= 0.3 is 0 Å². The molecule has 1 unspecified atom stereocenters. The Balaban J connectivity index is 2.28. The van der Waals surface area contributed by atoms with Gasteiger partial charge in [-0.2, -0.15) is 5.10 Å². The Hall–Kier alpha value is -1.35. The van der Waals surface area contributed by atoms with Crippen LogP contribution in [0.2, 0.25) is 5.02 Å². The molecule has 1 amide bonds. The molecule has 0 spiro atoms. The predicted molar refractivity (Wildman–Crippen MR) is 73.7 cm³/mol. The summed E-state index contributed by atoms with van der Waals surface area (Å²) < 4.78 is 0. The van der Waals surface area contributed by atoms with E-state index in [0.717, 1.165) is 24.1 Å². The summed E-state index contributed by atoms with van der Waals surface area (Å²) in [6, 6.07) is 7.61. The number of hydrogen-bond donors (Lipinski definition) is 0. The maximum Gasteiger partial charge on any atom is 0.243 e. The van der Waals surface area contributed by atoms with Gasteiger partial charge in [0.1, 0.15) is 0 Å². The molecular weight excluding hydrogens is 248 g/mol. The van der Waals surface area contributed by atoms with Gasteiger partial charge in [-0.25, -0.2) is 5.01 Å². The lowest BCUT2D eigenvalue weighted by atomic mass is 10.0. The standard InChI is InChI=1S/C14H17ClN2O/c1-3-6-14(18)17-13(9-10(2)16-17)11-7-4-5-8-12(11)15/h4-5,7-8,13H,3,6,9H2,1-2H3. The number of benzene rings is 1. The normalized spacial score (nSPS) is 18.9. The summed E-state index contributed by atoms with van der Waals surface area (Å²) in [5, 5.41) is 6.64. The average molecular weight is 265 g/mol. The number of carbonyl (C=O) groups is 1. The maximum absolute atomic E-state index is 12.1. The largest absolute Gasteiger partial charge is 0.273 e. The van der Waals surface area contributed by atoms with Crippen LogP contribution in [0.4, 0.5) is 0 Å². The molecule has 4 heteroatoms. The van der Waals surface area contributed by atoms with E-state index in [9.17, 15) is 4.79 Å². The van der Waals surface area contributed by atoms with E-state index in [4.69, 9.17) is 11.6 Å². The highest BCUT2D eigenvalue weighted by molar-refractivity contribution is 6.31. The summed E-state index contributed by atoms with van der Waals surface area (Å²) in [5.74, 6) is 0.0688. The van der Waals surface area contributed by atoms with Crippen LogP contribution < -0.4 is 0 Å². The third kappa shape index (κ3) is 2.56. The fraction of sp³-hybridized carbons (Fsp3) is 0.429. The van der Waals surface area contributed by atoms with Crippen molar-refractivity contribution in [1.82, 2.24) is 5.01 Å². The molecule has 96 valence electrons. The molecule has 18 heavy (non-hydrogen) atoms. The molecule has 1 aromatic carbocycles. The Morgan fingerprint density at radius 1 is 1.50 bits per heavy atom. The number of rotatable bonds is 3. The SMILES string of the molecule is CCCC(=O)N1N=C(C)CC1c1ccccc1Cl. The van der Waals surface area contributed by atoms with Crippen molar-refractivity contribution < 1.29 is 4.79 Å². The monoisotopic (exact) mass is 264 g/mol. The number of hydrazone groups is 1. The van der Waals surface area contributed by atoms with E-state index >= 15 is 0 Å². The summed E-state index contributed by atoms with van der Waals surface area (Å²) in [5.41, 5.74) is 1.95. The first kappa shape index (κ1) is 13.1. The number of nitrogens with zero attached hydrogens (tertiary/aromatic N) is 2. The molecule has 0 saturated heterocycles. The first-order valence-electron chi connectivity index (χ1n) is 6.24. The van der Waals surface area contributed by atoms with Gasteiger partial charge in [-0.3, -0.25) is 4.79 Å². The van der Waals surface area contributed by atoms with Crippen LogP contribution in [0.1, 0.15) is 44.7 Å². The lowest BCUT2D eigenvalue weighted by molar-refractivity contribution is -0.133. The van der Waals surface area contributed by atoms with Crippen molar-refractivity contribution in [3.8, 4) is 0 Å². The Labute approximate surface area is 112 Å². The molecule has 0 saturated carbocycles. The van der Waals surface area contributed by atoms with Crippen molar-refractivity contribution in [3.05, 3.63) is 34.9 Å². The van der Waals surface area contributed by atoms with E-state index in [1.54, 1.807) is 5.01 Å². The molecule has 0 radical (unpaired) electrons. The zero-order chi connectivity index (χ0) is 13.1. The molecule has 0 bridgehead atoms. The molecule has 0 fully saturated rings. The fourth-order valence-corrected chi connectivity index (χ4v) is 2.47. The van der Waals surface area contributed by atoms with Crippen molar-refractivity contribution in [2.75, 3.05) is 0 Å². The summed E-state index contributed by atoms with van der Waals surface area (Å²) in [4.78, 5) is 12.1. The summed E-state index contributed by atoms with van der Waals surface area (Å²) >= 11 is 6.21. The Morgan fingerprint density at radius 3 is 2.89 bits per heavy atom. The highest BCUT2D eigenvalue weighted by Gasteiger charge is 2.31. The lowest BCUT2D eigenvalue weighted by Gasteiger charge is -2.22.